The quantitative estimate of drug-likeness (QED) is 0.417. The van der Waals surface area contributed by atoms with Crippen LogP contribution in [0.1, 0.15) is 17.5 Å². The number of fused-ring (bicyclic) bond motifs is 2. The minimum Gasteiger partial charge on any atom is -0.489 e. The highest BCUT2D eigenvalue weighted by Gasteiger charge is 2.27. The second-order valence-electron chi connectivity index (χ2n) is 8.33. The van der Waals surface area contributed by atoms with E-state index in [9.17, 15) is 4.79 Å². The van der Waals surface area contributed by atoms with Crippen molar-refractivity contribution in [1.82, 2.24) is 4.98 Å². The number of primary amides is 1. The van der Waals surface area contributed by atoms with E-state index in [2.05, 4.69) is 4.98 Å². The van der Waals surface area contributed by atoms with Crippen molar-refractivity contribution < 1.29 is 19.0 Å². The van der Waals surface area contributed by atoms with Gasteiger partial charge in [0.2, 0.25) is 5.91 Å². The van der Waals surface area contributed by atoms with Gasteiger partial charge in [0.1, 0.15) is 25.1 Å². The number of nitrogens with one attached hydrogen (secondary N) is 1. The number of benzene rings is 3. The second-order valence-corrected chi connectivity index (χ2v) is 8.33. The maximum absolute atomic E-state index is 12.3. The number of hydrogen-bond acceptors (Lipinski definition) is 4. The molecule has 0 fully saturated rings. The Morgan fingerprint density at radius 2 is 1.85 bits per heavy atom. The summed E-state index contributed by atoms with van der Waals surface area (Å²) in [5.41, 5.74) is 8.91. The van der Waals surface area contributed by atoms with Crippen LogP contribution >= 0.6 is 0 Å². The largest absolute Gasteiger partial charge is 0.489 e. The van der Waals surface area contributed by atoms with E-state index in [0.717, 1.165) is 33.5 Å². The lowest BCUT2D eigenvalue weighted by Crippen LogP contribution is -2.36. The van der Waals surface area contributed by atoms with Gasteiger partial charge < -0.3 is 24.9 Å². The van der Waals surface area contributed by atoms with Gasteiger partial charge in [0.25, 0.3) is 0 Å². The highest BCUT2D eigenvalue weighted by atomic mass is 16.6. The molecule has 6 nitrogen and oxygen atoms in total. The lowest BCUT2D eigenvalue weighted by atomic mass is 9.92. The molecule has 6 heteroatoms. The molecule has 0 saturated heterocycles. The molecule has 2 heterocycles. The first kappa shape index (κ1) is 20.9. The molecule has 1 aliphatic rings. The van der Waals surface area contributed by atoms with Crippen LogP contribution in [0.2, 0.25) is 0 Å². The molecule has 0 saturated carbocycles. The van der Waals surface area contributed by atoms with Crippen molar-refractivity contribution >= 4 is 16.8 Å². The van der Waals surface area contributed by atoms with Crippen molar-refractivity contribution in [3.05, 3.63) is 90.1 Å². The zero-order valence-corrected chi connectivity index (χ0v) is 18.2. The van der Waals surface area contributed by atoms with E-state index in [1.54, 1.807) is 0 Å². The van der Waals surface area contributed by atoms with Gasteiger partial charge in [-0.3, -0.25) is 4.79 Å². The molecule has 0 bridgehead atoms. The Labute approximate surface area is 192 Å². The fourth-order valence-electron chi connectivity index (χ4n) is 4.22. The van der Waals surface area contributed by atoms with Crippen LogP contribution in [-0.4, -0.2) is 23.6 Å². The summed E-state index contributed by atoms with van der Waals surface area (Å²) in [4.78, 5) is 15.6. The summed E-state index contributed by atoms with van der Waals surface area (Å²) in [6.07, 6.45) is 2.71. The van der Waals surface area contributed by atoms with E-state index in [4.69, 9.17) is 19.9 Å². The summed E-state index contributed by atoms with van der Waals surface area (Å²) in [6, 6.07) is 23.6. The zero-order chi connectivity index (χ0) is 22.6. The number of carbonyl (C=O) groups excluding carboxylic acids is 1. The molecule has 0 aliphatic carbocycles. The van der Waals surface area contributed by atoms with Crippen molar-refractivity contribution in [3.63, 3.8) is 0 Å². The van der Waals surface area contributed by atoms with Crippen LogP contribution in [0.15, 0.2) is 79.0 Å². The predicted octanol–water partition coefficient (Wildman–Crippen LogP) is 4.62. The SMILES string of the molecule is NC(=O)C(Cc1c[nH]c2ccc(OCc3ccccc3)cc12)CC1COc2ccccc2O1. The van der Waals surface area contributed by atoms with E-state index >= 15 is 0 Å². The first-order valence-electron chi connectivity index (χ1n) is 11.1. The molecule has 2 atom stereocenters. The summed E-state index contributed by atoms with van der Waals surface area (Å²) >= 11 is 0. The number of hydrogen-bond donors (Lipinski definition) is 2. The van der Waals surface area contributed by atoms with Gasteiger partial charge >= 0.3 is 0 Å². The summed E-state index contributed by atoms with van der Waals surface area (Å²) in [5.74, 6) is 1.48. The first-order valence-corrected chi connectivity index (χ1v) is 11.1. The smallest absolute Gasteiger partial charge is 0.221 e. The summed E-state index contributed by atoms with van der Waals surface area (Å²) in [5, 5.41) is 1.03. The molecule has 2 unspecified atom stereocenters. The van der Waals surface area contributed by atoms with Crippen molar-refractivity contribution in [2.24, 2.45) is 11.7 Å². The van der Waals surface area contributed by atoms with Crippen LogP contribution in [0.25, 0.3) is 10.9 Å². The number of nitrogens with two attached hydrogens (primary N) is 1. The molecule has 5 rings (SSSR count). The van der Waals surface area contributed by atoms with Gasteiger partial charge in [-0.25, -0.2) is 0 Å². The minimum atomic E-state index is -0.378. The number of aromatic nitrogens is 1. The third kappa shape index (κ3) is 4.80. The Bertz CT molecular complexity index is 1250. The molecule has 168 valence electrons. The van der Waals surface area contributed by atoms with E-state index in [1.807, 2.05) is 79.0 Å². The van der Waals surface area contributed by atoms with Gasteiger partial charge in [0, 0.05) is 23.0 Å². The third-order valence-corrected chi connectivity index (χ3v) is 5.97. The Balaban J connectivity index is 1.29. The minimum absolute atomic E-state index is 0.229. The van der Waals surface area contributed by atoms with Gasteiger partial charge in [0.05, 0.1) is 0 Å². The van der Waals surface area contributed by atoms with E-state index < -0.39 is 0 Å². The van der Waals surface area contributed by atoms with E-state index in [0.29, 0.717) is 31.8 Å². The maximum Gasteiger partial charge on any atom is 0.221 e. The fraction of sp³-hybridized carbons (Fsp3) is 0.222. The number of rotatable bonds is 8. The Kier molecular flexibility index (Phi) is 5.89. The van der Waals surface area contributed by atoms with Crippen LogP contribution in [0.5, 0.6) is 17.2 Å². The van der Waals surface area contributed by atoms with Crippen molar-refractivity contribution in [2.75, 3.05) is 6.61 Å². The van der Waals surface area contributed by atoms with Gasteiger partial charge in [-0.2, -0.15) is 0 Å². The van der Waals surface area contributed by atoms with E-state index in [-0.39, 0.29) is 17.9 Å². The average Bonchev–Trinajstić information content (AvgIpc) is 3.25. The van der Waals surface area contributed by atoms with Gasteiger partial charge in [-0.05, 0) is 54.3 Å². The predicted molar refractivity (Wildman–Crippen MR) is 126 cm³/mol. The number of amides is 1. The van der Waals surface area contributed by atoms with Crippen LogP contribution in [-0.2, 0) is 17.8 Å². The number of carbonyl (C=O) groups is 1. The lowest BCUT2D eigenvalue weighted by Gasteiger charge is -2.28. The standard InChI is InChI=1S/C27H26N2O4/c28-27(30)19(13-22-17-32-25-8-4-5-9-26(25)33-22)12-20-15-29-24-11-10-21(14-23(20)24)31-16-18-6-2-1-3-7-18/h1-11,14-15,19,22,29H,12-13,16-17H2,(H2,28,30). The van der Waals surface area contributed by atoms with Crippen LogP contribution in [0.4, 0.5) is 0 Å². The van der Waals surface area contributed by atoms with Gasteiger partial charge in [0.15, 0.2) is 11.5 Å². The first-order chi connectivity index (χ1) is 16.2. The molecule has 0 spiro atoms. The normalized spacial score (nSPS) is 15.8. The zero-order valence-electron chi connectivity index (χ0n) is 18.2. The molecular formula is C27H26N2O4. The Morgan fingerprint density at radius 3 is 2.67 bits per heavy atom. The molecule has 33 heavy (non-hydrogen) atoms. The number of para-hydroxylation sites is 2. The van der Waals surface area contributed by atoms with Gasteiger partial charge in [-0.15, -0.1) is 0 Å². The van der Waals surface area contributed by atoms with Gasteiger partial charge in [-0.1, -0.05) is 42.5 Å². The summed E-state index contributed by atoms with van der Waals surface area (Å²) < 4.78 is 17.8. The van der Waals surface area contributed by atoms with Crippen LogP contribution in [0, 0.1) is 5.92 Å². The average molecular weight is 443 g/mol. The van der Waals surface area contributed by atoms with Crippen molar-refractivity contribution in [2.45, 2.75) is 25.6 Å². The molecule has 4 aromatic rings. The molecule has 0 radical (unpaired) electrons. The summed E-state index contributed by atoms with van der Waals surface area (Å²) in [6.45, 7) is 0.892. The van der Waals surface area contributed by atoms with Crippen LogP contribution in [0.3, 0.4) is 0 Å². The monoisotopic (exact) mass is 442 g/mol. The molecule has 3 aromatic carbocycles. The van der Waals surface area contributed by atoms with Crippen molar-refractivity contribution in [1.29, 1.82) is 0 Å². The number of ether oxygens (including phenoxy) is 3. The number of H-pyrrole nitrogens is 1. The highest BCUT2D eigenvalue weighted by Crippen LogP contribution is 2.33. The highest BCUT2D eigenvalue weighted by molar-refractivity contribution is 5.85. The maximum atomic E-state index is 12.3. The van der Waals surface area contributed by atoms with Crippen molar-refractivity contribution in [3.8, 4) is 17.2 Å². The molecule has 1 aliphatic heterocycles. The fourth-order valence-corrected chi connectivity index (χ4v) is 4.22. The molecular weight excluding hydrogens is 416 g/mol. The third-order valence-electron chi connectivity index (χ3n) is 5.97. The molecule has 1 aromatic heterocycles. The molecule has 1 amide bonds. The number of aromatic amines is 1. The Morgan fingerprint density at radius 1 is 1.06 bits per heavy atom. The van der Waals surface area contributed by atoms with Crippen LogP contribution < -0.4 is 19.9 Å². The van der Waals surface area contributed by atoms with E-state index in [1.165, 1.54) is 0 Å². The summed E-state index contributed by atoms with van der Waals surface area (Å²) in [7, 11) is 0. The Hall–Kier alpha value is -3.93. The molecule has 3 N–H and O–H groups in total. The lowest BCUT2D eigenvalue weighted by molar-refractivity contribution is -0.122. The topological polar surface area (TPSA) is 86.6 Å². The second kappa shape index (κ2) is 9.28.